The van der Waals surface area contributed by atoms with Gasteiger partial charge in [0.2, 0.25) is 0 Å². The largest absolute Gasteiger partial charge is 0.392 e. The third-order valence-electron chi connectivity index (χ3n) is 2.24. The average Bonchev–Trinajstić information content (AvgIpc) is 2.18. The fourth-order valence-electron chi connectivity index (χ4n) is 1.38. The van der Waals surface area contributed by atoms with Crippen molar-refractivity contribution in [2.75, 3.05) is 5.88 Å². The topological polar surface area (TPSA) is 37.3 Å². The second-order valence-corrected chi connectivity index (χ2v) is 3.49. The summed E-state index contributed by atoms with van der Waals surface area (Å²) in [6.45, 7) is 1.81. The van der Waals surface area contributed by atoms with E-state index in [-0.39, 0.29) is 12.4 Å². The van der Waals surface area contributed by atoms with Gasteiger partial charge in [-0.25, -0.2) is 0 Å². The zero-order valence-corrected chi connectivity index (χ0v) is 8.84. The number of carbonyl (C=O) groups is 1. The normalized spacial score (nSPS) is 10.2. The minimum Gasteiger partial charge on any atom is -0.392 e. The van der Waals surface area contributed by atoms with Crippen LogP contribution in [0.3, 0.4) is 0 Å². The van der Waals surface area contributed by atoms with Gasteiger partial charge in [0.15, 0.2) is 5.78 Å². The van der Waals surface area contributed by atoms with Gasteiger partial charge in [0.05, 0.1) is 6.61 Å². The quantitative estimate of drug-likeness (QED) is 0.614. The number of aliphatic hydroxyl groups excluding tert-OH is 1. The van der Waals surface area contributed by atoms with Gasteiger partial charge in [-0.15, -0.1) is 11.6 Å². The van der Waals surface area contributed by atoms with E-state index in [2.05, 4.69) is 0 Å². The Labute approximate surface area is 88.5 Å². The molecule has 0 aliphatic rings. The summed E-state index contributed by atoms with van der Waals surface area (Å²) in [7, 11) is 0. The number of rotatable bonds is 4. The Morgan fingerprint density at radius 3 is 2.79 bits per heavy atom. The third-order valence-corrected chi connectivity index (χ3v) is 2.43. The second kappa shape index (κ2) is 5.13. The lowest BCUT2D eigenvalue weighted by Gasteiger charge is -2.07. The van der Waals surface area contributed by atoms with Gasteiger partial charge < -0.3 is 5.11 Å². The molecule has 0 heterocycles. The van der Waals surface area contributed by atoms with Gasteiger partial charge in [0.1, 0.15) is 0 Å². The van der Waals surface area contributed by atoms with Crippen molar-refractivity contribution in [3.05, 3.63) is 34.9 Å². The van der Waals surface area contributed by atoms with Crippen LogP contribution in [0.2, 0.25) is 0 Å². The van der Waals surface area contributed by atoms with Crippen LogP contribution in [0, 0.1) is 6.92 Å². The molecule has 0 saturated carbocycles. The lowest BCUT2D eigenvalue weighted by atomic mass is 9.99. The summed E-state index contributed by atoms with van der Waals surface area (Å²) >= 11 is 5.50. The van der Waals surface area contributed by atoms with E-state index in [1.165, 1.54) is 0 Å². The number of hydrogen-bond acceptors (Lipinski definition) is 2. The number of benzene rings is 1. The molecule has 1 N–H and O–H groups in total. The Hall–Kier alpha value is -0.860. The molecule has 0 aliphatic carbocycles. The van der Waals surface area contributed by atoms with E-state index in [1.54, 1.807) is 12.1 Å². The lowest BCUT2D eigenvalue weighted by molar-refractivity contribution is 0.0988. The van der Waals surface area contributed by atoms with Crippen molar-refractivity contribution >= 4 is 17.4 Å². The molecular weight excluding hydrogens is 200 g/mol. The minimum absolute atomic E-state index is 0.0339. The highest BCUT2D eigenvalue weighted by Crippen LogP contribution is 2.15. The molecule has 0 saturated heterocycles. The molecule has 14 heavy (non-hydrogen) atoms. The van der Waals surface area contributed by atoms with Crippen molar-refractivity contribution in [1.29, 1.82) is 0 Å². The number of alkyl halides is 1. The zero-order valence-electron chi connectivity index (χ0n) is 8.09. The summed E-state index contributed by atoms with van der Waals surface area (Å²) in [6.07, 6.45) is 0.345. The van der Waals surface area contributed by atoms with Crippen LogP contribution in [0.4, 0.5) is 0 Å². The Morgan fingerprint density at radius 2 is 2.21 bits per heavy atom. The highest BCUT2D eigenvalue weighted by Gasteiger charge is 2.10. The van der Waals surface area contributed by atoms with Crippen LogP contribution >= 0.6 is 11.6 Å². The smallest absolute Gasteiger partial charge is 0.164 e. The predicted octanol–water partition coefficient (Wildman–Crippen LogP) is 2.30. The first kappa shape index (κ1) is 11.2. The Kier molecular flexibility index (Phi) is 4.11. The van der Waals surface area contributed by atoms with Gasteiger partial charge in [-0.2, -0.15) is 0 Å². The number of aliphatic hydroxyl groups is 1. The maximum absolute atomic E-state index is 11.6. The molecule has 0 bridgehead atoms. The molecule has 1 rings (SSSR count). The summed E-state index contributed by atoms with van der Waals surface area (Å²) in [5, 5.41) is 9.02. The number of hydrogen-bond donors (Lipinski definition) is 1. The van der Waals surface area contributed by atoms with E-state index in [9.17, 15) is 4.79 Å². The van der Waals surface area contributed by atoms with Gasteiger partial charge in [0.25, 0.3) is 0 Å². The molecule has 3 heteroatoms. The SMILES string of the molecule is Cc1c(CO)cccc1C(=O)CCCl. The van der Waals surface area contributed by atoms with E-state index >= 15 is 0 Å². The number of halogens is 1. The van der Waals surface area contributed by atoms with Gasteiger partial charge in [-0.1, -0.05) is 18.2 Å². The summed E-state index contributed by atoms with van der Waals surface area (Å²) in [5.74, 6) is 0.370. The first-order valence-corrected chi connectivity index (χ1v) is 5.02. The molecule has 76 valence electrons. The van der Waals surface area contributed by atoms with Crippen LogP contribution in [0.1, 0.15) is 27.9 Å². The van der Waals surface area contributed by atoms with E-state index in [0.717, 1.165) is 11.1 Å². The molecule has 0 atom stereocenters. The highest BCUT2D eigenvalue weighted by molar-refractivity contribution is 6.19. The van der Waals surface area contributed by atoms with Crippen molar-refractivity contribution in [3.63, 3.8) is 0 Å². The Morgan fingerprint density at radius 1 is 1.50 bits per heavy atom. The monoisotopic (exact) mass is 212 g/mol. The summed E-state index contributed by atoms with van der Waals surface area (Å²) in [5.41, 5.74) is 2.31. The van der Waals surface area contributed by atoms with E-state index in [0.29, 0.717) is 17.9 Å². The Bertz CT molecular complexity index is 334. The third kappa shape index (κ3) is 2.34. The van der Waals surface area contributed by atoms with Crippen LogP contribution in [-0.4, -0.2) is 16.8 Å². The first-order valence-electron chi connectivity index (χ1n) is 4.49. The van der Waals surface area contributed by atoms with Gasteiger partial charge in [-0.05, 0) is 18.1 Å². The van der Waals surface area contributed by atoms with Gasteiger partial charge in [-0.3, -0.25) is 4.79 Å². The highest BCUT2D eigenvalue weighted by atomic mass is 35.5. The standard InChI is InChI=1S/C11H13ClO2/c1-8-9(7-13)3-2-4-10(8)11(14)5-6-12/h2-4,13H,5-7H2,1H3. The maximum atomic E-state index is 11.6. The molecule has 0 spiro atoms. The minimum atomic E-state index is -0.0339. The lowest BCUT2D eigenvalue weighted by Crippen LogP contribution is -2.04. The van der Waals surface area contributed by atoms with Crippen molar-refractivity contribution in [2.45, 2.75) is 20.0 Å². The molecule has 2 nitrogen and oxygen atoms in total. The Balaban J connectivity index is 3.03. The van der Waals surface area contributed by atoms with Crippen LogP contribution in [-0.2, 0) is 6.61 Å². The van der Waals surface area contributed by atoms with Crippen LogP contribution in [0.25, 0.3) is 0 Å². The predicted molar refractivity (Wildman–Crippen MR) is 56.8 cm³/mol. The summed E-state index contributed by atoms with van der Waals surface area (Å²) < 4.78 is 0. The van der Waals surface area contributed by atoms with Crippen molar-refractivity contribution < 1.29 is 9.90 Å². The van der Waals surface area contributed by atoms with Crippen LogP contribution in [0.5, 0.6) is 0 Å². The molecule has 0 radical (unpaired) electrons. The number of ketones is 1. The molecule has 0 unspecified atom stereocenters. The molecule has 0 aromatic heterocycles. The second-order valence-electron chi connectivity index (χ2n) is 3.11. The number of carbonyl (C=O) groups excluding carboxylic acids is 1. The van der Waals surface area contributed by atoms with E-state index in [4.69, 9.17) is 16.7 Å². The van der Waals surface area contributed by atoms with Crippen molar-refractivity contribution in [3.8, 4) is 0 Å². The molecule has 0 aliphatic heterocycles. The average molecular weight is 213 g/mol. The summed E-state index contributed by atoms with van der Waals surface area (Å²) in [4.78, 5) is 11.6. The molecule has 1 aromatic carbocycles. The van der Waals surface area contributed by atoms with Crippen LogP contribution in [0.15, 0.2) is 18.2 Å². The van der Waals surface area contributed by atoms with Gasteiger partial charge >= 0.3 is 0 Å². The molecule has 0 amide bonds. The fraction of sp³-hybridized carbons (Fsp3) is 0.364. The zero-order chi connectivity index (χ0) is 10.6. The molecular formula is C11H13ClO2. The summed E-state index contributed by atoms with van der Waals surface area (Å²) in [6, 6.07) is 5.36. The molecule has 0 fully saturated rings. The van der Waals surface area contributed by atoms with E-state index < -0.39 is 0 Å². The first-order chi connectivity index (χ1) is 6.70. The van der Waals surface area contributed by atoms with Gasteiger partial charge in [0, 0.05) is 17.9 Å². The fourth-order valence-corrected chi connectivity index (χ4v) is 1.55. The van der Waals surface area contributed by atoms with Crippen LogP contribution < -0.4 is 0 Å². The molecule has 1 aromatic rings. The number of Topliss-reactive ketones (excluding diaryl/α,β-unsaturated/α-hetero) is 1. The van der Waals surface area contributed by atoms with Crippen molar-refractivity contribution in [2.24, 2.45) is 0 Å². The maximum Gasteiger partial charge on any atom is 0.164 e. The van der Waals surface area contributed by atoms with E-state index in [1.807, 2.05) is 13.0 Å². The van der Waals surface area contributed by atoms with Crippen molar-refractivity contribution in [1.82, 2.24) is 0 Å².